The number of hydrogen-bond donors (Lipinski definition) is 1. The molecule has 0 atom stereocenters. The molecule has 0 heterocycles. The molecular formula is C12H19NO. The normalized spacial score (nSPS) is 11.4. The van der Waals surface area contributed by atoms with Crippen LogP contribution in [-0.4, -0.2) is 5.60 Å². The summed E-state index contributed by atoms with van der Waals surface area (Å²) in [6.07, 6.45) is 0.986. The van der Waals surface area contributed by atoms with Gasteiger partial charge in [-0.1, -0.05) is 19.1 Å². The van der Waals surface area contributed by atoms with Crippen LogP contribution < -0.4 is 10.5 Å². The Hall–Kier alpha value is -1.02. The van der Waals surface area contributed by atoms with Crippen LogP contribution >= 0.6 is 0 Å². The molecule has 2 N–H and O–H groups in total. The van der Waals surface area contributed by atoms with Crippen molar-refractivity contribution in [2.45, 2.75) is 39.3 Å². The molecule has 0 unspecified atom stereocenters. The van der Waals surface area contributed by atoms with Gasteiger partial charge >= 0.3 is 0 Å². The molecule has 0 radical (unpaired) electrons. The van der Waals surface area contributed by atoms with Crippen molar-refractivity contribution in [1.82, 2.24) is 0 Å². The van der Waals surface area contributed by atoms with E-state index in [4.69, 9.17) is 10.5 Å². The fourth-order valence-corrected chi connectivity index (χ4v) is 1.13. The van der Waals surface area contributed by atoms with Crippen LogP contribution in [-0.2, 0) is 6.54 Å². The van der Waals surface area contributed by atoms with Gasteiger partial charge < -0.3 is 10.5 Å². The van der Waals surface area contributed by atoms with E-state index in [9.17, 15) is 0 Å². The molecule has 0 aliphatic carbocycles. The number of hydrogen-bond acceptors (Lipinski definition) is 2. The van der Waals surface area contributed by atoms with Crippen LogP contribution in [0.15, 0.2) is 24.3 Å². The Morgan fingerprint density at radius 3 is 2.64 bits per heavy atom. The van der Waals surface area contributed by atoms with Gasteiger partial charge in [0.1, 0.15) is 11.4 Å². The highest BCUT2D eigenvalue weighted by Gasteiger charge is 2.16. The van der Waals surface area contributed by atoms with E-state index in [0.717, 1.165) is 17.7 Å². The summed E-state index contributed by atoms with van der Waals surface area (Å²) in [7, 11) is 0. The molecule has 0 fully saturated rings. The maximum Gasteiger partial charge on any atom is 0.120 e. The first-order chi connectivity index (χ1) is 6.57. The van der Waals surface area contributed by atoms with Crippen LogP contribution in [0.5, 0.6) is 5.75 Å². The van der Waals surface area contributed by atoms with Gasteiger partial charge in [0.05, 0.1) is 0 Å². The summed E-state index contributed by atoms with van der Waals surface area (Å²) >= 11 is 0. The van der Waals surface area contributed by atoms with Crippen LogP contribution in [0.2, 0.25) is 0 Å². The van der Waals surface area contributed by atoms with Gasteiger partial charge in [0.15, 0.2) is 0 Å². The Balaban J connectivity index is 2.76. The molecule has 14 heavy (non-hydrogen) atoms. The van der Waals surface area contributed by atoms with E-state index in [1.54, 1.807) is 0 Å². The SMILES string of the molecule is CCC(C)(C)Oc1cccc(CN)c1. The average molecular weight is 193 g/mol. The lowest BCUT2D eigenvalue weighted by Gasteiger charge is -2.25. The molecule has 0 spiro atoms. The average Bonchev–Trinajstić information content (AvgIpc) is 2.17. The lowest BCUT2D eigenvalue weighted by Crippen LogP contribution is -2.26. The van der Waals surface area contributed by atoms with E-state index in [-0.39, 0.29) is 5.60 Å². The number of nitrogens with two attached hydrogens (primary N) is 1. The third-order valence-corrected chi connectivity index (χ3v) is 2.38. The van der Waals surface area contributed by atoms with Crippen LogP contribution in [0.25, 0.3) is 0 Å². The summed E-state index contributed by atoms with van der Waals surface area (Å²) in [5, 5.41) is 0. The second-order valence-corrected chi connectivity index (χ2v) is 4.07. The zero-order chi connectivity index (χ0) is 10.6. The summed E-state index contributed by atoms with van der Waals surface area (Å²) in [4.78, 5) is 0. The molecule has 1 aromatic carbocycles. The highest BCUT2D eigenvalue weighted by Crippen LogP contribution is 2.21. The van der Waals surface area contributed by atoms with Gasteiger partial charge in [-0.2, -0.15) is 0 Å². The van der Waals surface area contributed by atoms with Gasteiger partial charge in [0.25, 0.3) is 0 Å². The van der Waals surface area contributed by atoms with Crippen molar-refractivity contribution in [2.24, 2.45) is 5.73 Å². The molecule has 0 bridgehead atoms. The van der Waals surface area contributed by atoms with Gasteiger partial charge in [-0.25, -0.2) is 0 Å². The second-order valence-electron chi connectivity index (χ2n) is 4.07. The molecule has 0 amide bonds. The van der Waals surface area contributed by atoms with Gasteiger partial charge in [-0.3, -0.25) is 0 Å². The molecular weight excluding hydrogens is 174 g/mol. The second kappa shape index (κ2) is 4.47. The highest BCUT2D eigenvalue weighted by molar-refractivity contribution is 5.28. The zero-order valence-electron chi connectivity index (χ0n) is 9.21. The van der Waals surface area contributed by atoms with Crippen molar-refractivity contribution < 1.29 is 4.74 Å². The third-order valence-electron chi connectivity index (χ3n) is 2.38. The van der Waals surface area contributed by atoms with Crippen molar-refractivity contribution >= 4 is 0 Å². The van der Waals surface area contributed by atoms with E-state index in [0.29, 0.717) is 6.54 Å². The van der Waals surface area contributed by atoms with Crippen molar-refractivity contribution in [2.75, 3.05) is 0 Å². The Bertz CT molecular complexity index is 294. The van der Waals surface area contributed by atoms with Crippen LogP contribution in [0.4, 0.5) is 0 Å². The third kappa shape index (κ3) is 3.04. The summed E-state index contributed by atoms with van der Waals surface area (Å²) in [6, 6.07) is 7.95. The molecule has 0 aromatic heterocycles. The van der Waals surface area contributed by atoms with Crippen LogP contribution in [0, 0.1) is 0 Å². The molecule has 1 rings (SSSR count). The Morgan fingerprint density at radius 1 is 1.36 bits per heavy atom. The fourth-order valence-electron chi connectivity index (χ4n) is 1.13. The minimum atomic E-state index is -0.104. The van der Waals surface area contributed by atoms with Crippen molar-refractivity contribution in [3.05, 3.63) is 29.8 Å². The summed E-state index contributed by atoms with van der Waals surface area (Å²) in [5.41, 5.74) is 6.56. The largest absolute Gasteiger partial charge is 0.488 e. The molecule has 2 nitrogen and oxygen atoms in total. The van der Waals surface area contributed by atoms with E-state index >= 15 is 0 Å². The molecule has 2 heteroatoms. The van der Waals surface area contributed by atoms with E-state index in [2.05, 4.69) is 20.8 Å². The first-order valence-corrected chi connectivity index (χ1v) is 5.05. The Kier molecular flexibility index (Phi) is 3.53. The van der Waals surface area contributed by atoms with E-state index < -0.39 is 0 Å². The maximum atomic E-state index is 5.84. The zero-order valence-corrected chi connectivity index (χ0v) is 9.21. The molecule has 1 aromatic rings. The molecule has 0 saturated heterocycles. The minimum absolute atomic E-state index is 0.104. The Labute approximate surface area is 86.1 Å². The van der Waals surface area contributed by atoms with E-state index in [1.807, 2.05) is 24.3 Å². The molecule has 78 valence electrons. The Morgan fingerprint density at radius 2 is 2.07 bits per heavy atom. The molecule has 0 saturated carbocycles. The van der Waals surface area contributed by atoms with Crippen LogP contribution in [0.3, 0.4) is 0 Å². The quantitative estimate of drug-likeness (QED) is 0.798. The standard InChI is InChI=1S/C12H19NO/c1-4-12(2,3)14-11-7-5-6-10(8-11)9-13/h5-8H,4,9,13H2,1-3H3. The van der Waals surface area contributed by atoms with Crippen molar-refractivity contribution in [3.63, 3.8) is 0 Å². The number of rotatable bonds is 4. The number of ether oxygens (including phenoxy) is 1. The maximum absolute atomic E-state index is 5.84. The monoisotopic (exact) mass is 193 g/mol. The minimum Gasteiger partial charge on any atom is -0.488 e. The van der Waals surface area contributed by atoms with Gasteiger partial charge in [0.2, 0.25) is 0 Å². The summed E-state index contributed by atoms with van der Waals surface area (Å²) < 4.78 is 5.84. The number of benzene rings is 1. The lowest BCUT2D eigenvalue weighted by atomic mass is 10.1. The van der Waals surface area contributed by atoms with Crippen molar-refractivity contribution in [3.8, 4) is 5.75 Å². The molecule has 0 aliphatic rings. The topological polar surface area (TPSA) is 35.2 Å². The smallest absolute Gasteiger partial charge is 0.120 e. The lowest BCUT2D eigenvalue weighted by molar-refractivity contribution is 0.105. The fraction of sp³-hybridized carbons (Fsp3) is 0.500. The molecule has 0 aliphatic heterocycles. The van der Waals surface area contributed by atoms with Crippen LogP contribution in [0.1, 0.15) is 32.8 Å². The predicted octanol–water partition coefficient (Wildman–Crippen LogP) is 2.71. The van der Waals surface area contributed by atoms with E-state index in [1.165, 1.54) is 0 Å². The summed E-state index contributed by atoms with van der Waals surface area (Å²) in [6.45, 7) is 6.85. The predicted molar refractivity (Wildman–Crippen MR) is 59.3 cm³/mol. The van der Waals surface area contributed by atoms with Gasteiger partial charge in [-0.15, -0.1) is 0 Å². The first-order valence-electron chi connectivity index (χ1n) is 5.05. The van der Waals surface area contributed by atoms with Crippen molar-refractivity contribution in [1.29, 1.82) is 0 Å². The van der Waals surface area contributed by atoms with Gasteiger partial charge in [-0.05, 0) is 38.0 Å². The first kappa shape index (κ1) is 11.1. The summed E-state index contributed by atoms with van der Waals surface area (Å²) in [5.74, 6) is 0.903. The highest BCUT2D eigenvalue weighted by atomic mass is 16.5. The van der Waals surface area contributed by atoms with Gasteiger partial charge in [0, 0.05) is 6.54 Å².